The molecule has 0 aliphatic carbocycles. The Morgan fingerprint density at radius 3 is 2.55 bits per heavy atom. The summed E-state index contributed by atoms with van der Waals surface area (Å²) >= 11 is 1.12. The van der Waals surface area contributed by atoms with Crippen LogP contribution in [0.2, 0.25) is 0 Å². The summed E-state index contributed by atoms with van der Waals surface area (Å²) in [5.74, 6) is -0.144. The van der Waals surface area contributed by atoms with E-state index in [-0.39, 0.29) is 5.91 Å². The van der Waals surface area contributed by atoms with Crippen molar-refractivity contribution in [2.75, 3.05) is 0 Å². The van der Waals surface area contributed by atoms with E-state index in [9.17, 15) is 4.79 Å². The fourth-order valence-electron chi connectivity index (χ4n) is 2.09. The van der Waals surface area contributed by atoms with E-state index in [2.05, 4.69) is 14.9 Å². The largest absolute Gasteiger partial charge is 0.347 e. The summed E-state index contributed by atoms with van der Waals surface area (Å²) < 4.78 is 3.92. The summed E-state index contributed by atoms with van der Waals surface area (Å²) in [6, 6.07) is 17.7. The van der Waals surface area contributed by atoms with Crippen molar-refractivity contribution in [1.82, 2.24) is 14.9 Å². The number of hydrogen-bond acceptors (Lipinski definition) is 4. The number of aryl methyl sites for hydroxylation is 1. The van der Waals surface area contributed by atoms with Crippen molar-refractivity contribution < 1.29 is 4.79 Å². The summed E-state index contributed by atoms with van der Waals surface area (Å²) in [5.41, 5.74) is 3.80. The van der Waals surface area contributed by atoms with Gasteiger partial charge in [-0.15, -0.1) is 5.10 Å². The number of nitrogens with one attached hydrogen (secondary N) is 1. The number of benzene rings is 2. The van der Waals surface area contributed by atoms with Gasteiger partial charge in [0, 0.05) is 12.1 Å². The summed E-state index contributed by atoms with van der Waals surface area (Å²) in [5, 5.41) is 7.00. The lowest BCUT2D eigenvalue weighted by atomic mass is 10.1. The zero-order valence-electron chi connectivity index (χ0n) is 12.1. The zero-order valence-corrected chi connectivity index (χ0v) is 12.9. The van der Waals surface area contributed by atoms with Crippen LogP contribution in [0.25, 0.3) is 11.3 Å². The van der Waals surface area contributed by atoms with Crippen LogP contribution in [0.5, 0.6) is 0 Å². The topological polar surface area (TPSA) is 54.9 Å². The van der Waals surface area contributed by atoms with Crippen LogP contribution in [0.1, 0.15) is 20.8 Å². The molecule has 1 amide bonds. The molecule has 0 aliphatic heterocycles. The molecule has 4 nitrogen and oxygen atoms in total. The number of nitrogens with zero attached hydrogens (tertiary/aromatic N) is 2. The fourth-order valence-corrected chi connectivity index (χ4v) is 2.70. The maximum Gasteiger partial charge on any atom is 0.265 e. The lowest BCUT2D eigenvalue weighted by Gasteiger charge is -2.05. The molecule has 1 aromatic heterocycles. The quantitative estimate of drug-likeness (QED) is 0.803. The molecule has 0 fully saturated rings. The Bertz CT molecular complexity index is 766. The van der Waals surface area contributed by atoms with Gasteiger partial charge in [0.1, 0.15) is 10.6 Å². The van der Waals surface area contributed by atoms with Gasteiger partial charge in [-0.25, -0.2) is 0 Å². The third kappa shape index (κ3) is 3.20. The second-order valence-electron chi connectivity index (χ2n) is 4.98. The molecule has 1 heterocycles. The fraction of sp³-hybridized carbons (Fsp3) is 0.118. The van der Waals surface area contributed by atoms with E-state index in [1.807, 2.05) is 61.5 Å². The Kier molecular flexibility index (Phi) is 4.25. The van der Waals surface area contributed by atoms with Gasteiger partial charge < -0.3 is 5.32 Å². The van der Waals surface area contributed by atoms with E-state index in [0.717, 1.165) is 22.7 Å². The van der Waals surface area contributed by atoms with Gasteiger partial charge in [-0.3, -0.25) is 4.79 Å². The predicted molar refractivity (Wildman–Crippen MR) is 87.7 cm³/mol. The minimum absolute atomic E-state index is 0.144. The van der Waals surface area contributed by atoms with Crippen molar-refractivity contribution in [3.05, 3.63) is 70.6 Å². The first kappa shape index (κ1) is 14.4. The molecule has 1 N–H and O–H groups in total. The molecule has 0 saturated carbocycles. The third-order valence-electron chi connectivity index (χ3n) is 3.32. The van der Waals surface area contributed by atoms with Crippen LogP contribution in [-0.2, 0) is 6.54 Å². The van der Waals surface area contributed by atoms with E-state index in [0.29, 0.717) is 17.1 Å². The molecule has 2 aromatic carbocycles. The number of carbonyl (C=O) groups excluding carboxylic acids is 1. The van der Waals surface area contributed by atoms with Crippen LogP contribution in [-0.4, -0.2) is 15.5 Å². The van der Waals surface area contributed by atoms with Gasteiger partial charge in [0.2, 0.25) is 0 Å². The Hall–Kier alpha value is -2.53. The smallest absolute Gasteiger partial charge is 0.265 e. The molecule has 0 radical (unpaired) electrons. The molecule has 3 aromatic rings. The number of hydrogen-bond donors (Lipinski definition) is 1. The van der Waals surface area contributed by atoms with E-state index in [1.165, 1.54) is 5.56 Å². The van der Waals surface area contributed by atoms with Crippen LogP contribution >= 0.6 is 11.5 Å². The molecule has 22 heavy (non-hydrogen) atoms. The molecule has 0 bridgehead atoms. The first-order chi connectivity index (χ1) is 10.7. The molecule has 5 heteroatoms. The molecule has 0 atom stereocenters. The Labute approximate surface area is 133 Å². The first-order valence-electron chi connectivity index (χ1n) is 6.95. The Morgan fingerprint density at radius 2 is 1.82 bits per heavy atom. The Balaban J connectivity index is 1.73. The molecule has 0 unspecified atom stereocenters. The first-order valence-corrected chi connectivity index (χ1v) is 7.73. The highest BCUT2D eigenvalue weighted by atomic mass is 32.1. The highest BCUT2D eigenvalue weighted by molar-refractivity contribution is 7.08. The monoisotopic (exact) mass is 309 g/mol. The van der Waals surface area contributed by atoms with Gasteiger partial charge >= 0.3 is 0 Å². The van der Waals surface area contributed by atoms with Crippen molar-refractivity contribution in [2.45, 2.75) is 13.5 Å². The van der Waals surface area contributed by atoms with Gasteiger partial charge in [-0.2, -0.15) is 0 Å². The highest BCUT2D eigenvalue weighted by Gasteiger charge is 2.17. The second kappa shape index (κ2) is 6.49. The summed E-state index contributed by atoms with van der Waals surface area (Å²) in [6.07, 6.45) is 0. The zero-order chi connectivity index (χ0) is 15.4. The molecule has 0 saturated heterocycles. The van der Waals surface area contributed by atoms with Crippen molar-refractivity contribution in [3.63, 3.8) is 0 Å². The van der Waals surface area contributed by atoms with Crippen LogP contribution in [0.4, 0.5) is 0 Å². The average Bonchev–Trinajstić information content (AvgIpc) is 3.04. The number of rotatable bonds is 4. The second-order valence-corrected chi connectivity index (χ2v) is 5.74. The van der Waals surface area contributed by atoms with Gasteiger partial charge in [0.25, 0.3) is 5.91 Å². The SMILES string of the molecule is Cc1ccc(CNC(=O)c2snnc2-c2ccccc2)cc1. The highest BCUT2D eigenvalue weighted by Crippen LogP contribution is 2.23. The van der Waals surface area contributed by atoms with Crippen LogP contribution in [0.15, 0.2) is 54.6 Å². The third-order valence-corrected chi connectivity index (χ3v) is 4.04. The lowest BCUT2D eigenvalue weighted by Crippen LogP contribution is -2.22. The standard InChI is InChI=1S/C17H15N3OS/c1-12-7-9-13(10-8-12)11-18-17(21)16-15(19-20-22-16)14-5-3-2-4-6-14/h2-10H,11H2,1H3,(H,18,21). The molecular formula is C17H15N3OS. The van der Waals surface area contributed by atoms with E-state index < -0.39 is 0 Å². The lowest BCUT2D eigenvalue weighted by molar-refractivity contribution is 0.0955. The maximum absolute atomic E-state index is 12.4. The van der Waals surface area contributed by atoms with Gasteiger partial charge in [-0.05, 0) is 24.0 Å². The molecule has 3 rings (SSSR count). The van der Waals surface area contributed by atoms with E-state index in [1.54, 1.807) is 0 Å². The molecular weight excluding hydrogens is 294 g/mol. The Morgan fingerprint density at radius 1 is 1.09 bits per heavy atom. The minimum atomic E-state index is -0.144. The predicted octanol–water partition coefficient (Wildman–Crippen LogP) is 3.44. The summed E-state index contributed by atoms with van der Waals surface area (Å²) in [6.45, 7) is 2.53. The normalized spacial score (nSPS) is 10.4. The summed E-state index contributed by atoms with van der Waals surface area (Å²) in [4.78, 5) is 12.9. The van der Waals surface area contributed by atoms with E-state index >= 15 is 0 Å². The van der Waals surface area contributed by atoms with Gasteiger partial charge in [0.15, 0.2) is 0 Å². The van der Waals surface area contributed by atoms with Gasteiger partial charge in [-0.1, -0.05) is 64.6 Å². The average molecular weight is 309 g/mol. The van der Waals surface area contributed by atoms with Crippen LogP contribution in [0, 0.1) is 6.92 Å². The molecule has 0 aliphatic rings. The van der Waals surface area contributed by atoms with Crippen molar-refractivity contribution >= 4 is 17.4 Å². The van der Waals surface area contributed by atoms with Crippen molar-refractivity contribution in [2.24, 2.45) is 0 Å². The number of amides is 1. The minimum Gasteiger partial charge on any atom is -0.347 e. The van der Waals surface area contributed by atoms with Crippen molar-refractivity contribution in [1.29, 1.82) is 0 Å². The van der Waals surface area contributed by atoms with Crippen molar-refractivity contribution in [3.8, 4) is 11.3 Å². The van der Waals surface area contributed by atoms with E-state index in [4.69, 9.17) is 0 Å². The maximum atomic E-state index is 12.4. The van der Waals surface area contributed by atoms with Crippen LogP contribution < -0.4 is 5.32 Å². The number of aromatic nitrogens is 2. The molecule has 110 valence electrons. The van der Waals surface area contributed by atoms with Crippen LogP contribution in [0.3, 0.4) is 0 Å². The van der Waals surface area contributed by atoms with Gasteiger partial charge in [0.05, 0.1) is 0 Å². The number of carbonyl (C=O) groups is 1. The molecule has 0 spiro atoms. The summed E-state index contributed by atoms with van der Waals surface area (Å²) in [7, 11) is 0.